The molecule has 0 fully saturated rings. The van der Waals surface area contributed by atoms with Crippen molar-refractivity contribution in [2.24, 2.45) is 0 Å². The number of alkyl halides is 1. The van der Waals surface area contributed by atoms with E-state index in [9.17, 15) is 0 Å². The SMILES string of the molecule is C=CCI.CCC=CI. The van der Waals surface area contributed by atoms with Gasteiger partial charge in [0, 0.05) is 4.43 Å². The highest BCUT2D eigenvalue weighted by molar-refractivity contribution is 14.1. The van der Waals surface area contributed by atoms with E-state index in [-0.39, 0.29) is 0 Å². The van der Waals surface area contributed by atoms with Gasteiger partial charge in [-0.3, -0.25) is 0 Å². The average Bonchev–Trinajstić information content (AvgIpc) is 1.91. The van der Waals surface area contributed by atoms with E-state index in [0.29, 0.717) is 0 Å². The zero-order valence-electron chi connectivity index (χ0n) is 5.61. The minimum Gasteiger partial charge on any atom is -0.102 e. The summed E-state index contributed by atoms with van der Waals surface area (Å²) in [6.45, 7) is 5.59. The Labute approximate surface area is 85.1 Å². The molecule has 0 saturated heterocycles. The molecule has 0 heterocycles. The van der Waals surface area contributed by atoms with Gasteiger partial charge in [-0.25, -0.2) is 0 Å². The molecule has 0 aliphatic rings. The summed E-state index contributed by atoms with van der Waals surface area (Å²) in [5.41, 5.74) is 0. The highest BCUT2D eigenvalue weighted by Crippen LogP contribution is 1.84. The molecule has 0 atom stereocenters. The van der Waals surface area contributed by atoms with Crippen LogP contribution in [0.1, 0.15) is 13.3 Å². The van der Waals surface area contributed by atoms with Gasteiger partial charge < -0.3 is 0 Å². The van der Waals surface area contributed by atoms with Crippen LogP contribution in [0.3, 0.4) is 0 Å². The first-order valence-electron chi connectivity index (χ1n) is 2.75. The van der Waals surface area contributed by atoms with Crippen molar-refractivity contribution >= 4 is 45.2 Å². The number of hydrogen-bond acceptors (Lipinski definition) is 0. The maximum absolute atomic E-state index is 3.47. The third-order valence-electron chi connectivity index (χ3n) is 0.434. The third-order valence-corrected chi connectivity index (χ3v) is 1.57. The smallest absolute Gasteiger partial charge is 0.0173 e. The van der Waals surface area contributed by atoms with Crippen LogP contribution >= 0.6 is 45.2 Å². The summed E-state index contributed by atoms with van der Waals surface area (Å²) >= 11 is 4.44. The van der Waals surface area contributed by atoms with Crippen molar-refractivity contribution in [1.82, 2.24) is 0 Å². The minimum atomic E-state index is 1.05. The summed E-state index contributed by atoms with van der Waals surface area (Å²) < 4.78 is 3.08. The van der Waals surface area contributed by atoms with Gasteiger partial charge in [-0.15, -0.1) is 6.58 Å². The number of rotatable bonds is 2. The fourth-order valence-electron chi connectivity index (χ4n) is 0.0891. The van der Waals surface area contributed by atoms with Gasteiger partial charge in [0.1, 0.15) is 0 Å². The largest absolute Gasteiger partial charge is 0.102 e. The summed E-state index contributed by atoms with van der Waals surface area (Å²) in [5.74, 6) is 0. The van der Waals surface area contributed by atoms with Crippen LogP contribution in [0.2, 0.25) is 0 Å². The minimum absolute atomic E-state index is 1.05. The number of halogens is 2. The summed E-state index contributed by atoms with van der Waals surface area (Å²) in [6, 6.07) is 0. The molecule has 0 bridgehead atoms. The van der Waals surface area contributed by atoms with E-state index in [4.69, 9.17) is 0 Å². The predicted molar refractivity (Wildman–Crippen MR) is 62.5 cm³/mol. The molecule has 54 valence electrons. The second-order valence-electron chi connectivity index (χ2n) is 1.21. The lowest BCUT2D eigenvalue weighted by atomic mass is 10.5. The highest BCUT2D eigenvalue weighted by Gasteiger charge is 1.53. The molecule has 0 saturated carbocycles. The first-order chi connectivity index (χ1) is 4.33. The van der Waals surface area contributed by atoms with Gasteiger partial charge in [-0.1, -0.05) is 64.3 Å². The molecule has 0 unspecified atom stereocenters. The molecule has 0 aliphatic heterocycles. The molecule has 0 N–H and O–H groups in total. The van der Waals surface area contributed by atoms with Crippen LogP contribution in [-0.2, 0) is 0 Å². The van der Waals surface area contributed by atoms with E-state index in [1.165, 1.54) is 0 Å². The molecule has 0 rings (SSSR count). The summed E-state index contributed by atoms with van der Waals surface area (Å²) in [7, 11) is 0. The topological polar surface area (TPSA) is 0 Å². The van der Waals surface area contributed by atoms with Gasteiger partial charge in [0.25, 0.3) is 0 Å². The quantitative estimate of drug-likeness (QED) is 0.402. The third kappa shape index (κ3) is 27.7. The maximum Gasteiger partial charge on any atom is 0.0173 e. The Morgan fingerprint density at radius 2 is 2.00 bits per heavy atom. The van der Waals surface area contributed by atoms with E-state index < -0.39 is 0 Å². The number of allylic oxidation sites excluding steroid dienone is 2. The molecule has 0 aliphatic carbocycles. The van der Waals surface area contributed by atoms with Crippen molar-refractivity contribution in [1.29, 1.82) is 0 Å². The predicted octanol–water partition coefficient (Wildman–Crippen LogP) is 3.95. The monoisotopic (exact) mass is 350 g/mol. The van der Waals surface area contributed by atoms with Crippen molar-refractivity contribution in [3.63, 3.8) is 0 Å². The molecular weight excluding hydrogens is 338 g/mol. The van der Waals surface area contributed by atoms with Crippen LogP contribution in [0.15, 0.2) is 22.8 Å². The van der Waals surface area contributed by atoms with Gasteiger partial charge in [0.15, 0.2) is 0 Å². The molecule has 0 spiro atoms. The Bertz CT molecular complexity index is 67.3. The lowest BCUT2D eigenvalue weighted by Crippen LogP contribution is -1.43. The van der Waals surface area contributed by atoms with Crippen molar-refractivity contribution in [3.05, 3.63) is 22.8 Å². The lowest BCUT2D eigenvalue weighted by Gasteiger charge is -1.63. The average molecular weight is 350 g/mol. The van der Waals surface area contributed by atoms with Crippen LogP contribution in [-0.4, -0.2) is 4.43 Å². The van der Waals surface area contributed by atoms with Crippen LogP contribution in [0.5, 0.6) is 0 Å². The van der Waals surface area contributed by atoms with Gasteiger partial charge in [-0.05, 0) is 10.5 Å². The molecule has 0 aromatic carbocycles. The van der Waals surface area contributed by atoms with E-state index in [2.05, 4.69) is 64.8 Å². The molecular formula is C7H12I2. The zero-order chi connectivity index (χ0) is 7.54. The van der Waals surface area contributed by atoms with Gasteiger partial charge in [0.05, 0.1) is 0 Å². The Kier molecular flexibility index (Phi) is 22.4. The van der Waals surface area contributed by atoms with Crippen LogP contribution in [0.25, 0.3) is 0 Å². The molecule has 9 heavy (non-hydrogen) atoms. The maximum atomic E-state index is 3.47. The van der Waals surface area contributed by atoms with Crippen LogP contribution in [0, 0.1) is 0 Å². The van der Waals surface area contributed by atoms with E-state index in [1.807, 2.05) is 10.2 Å². The Balaban J connectivity index is 0. The Morgan fingerprint density at radius 1 is 1.56 bits per heavy atom. The van der Waals surface area contributed by atoms with Gasteiger partial charge in [0.2, 0.25) is 0 Å². The standard InChI is InChI=1S/C4H7I.C3H5I/c1-2-3-4-5;1-2-3-4/h3-4H,2H2,1H3;2H,1,3H2. The highest BCUT2D eigenvalue weighted by atomic mass is 127. The number of hydrogen-bond donors (Lipinski definition) is 0. The van der Waals surface area contributed by atoms with E-state index in [0.717, 1.165) is 10.8 Å². The van der Waals surface area contributed by atoms with E-state index >= 15 is 0 Å². The fraction of sp³-hybridized carbons (Fsp3) is 0.429. The summed E-state index contributed by atoms with van der Waals surface area (Å²) in [5, 5.41) is 0. The second kappa shape index (κ2) is 16.0. The first kappa shape index (κ1) is 12.6. The molecule has 0 aromatic heterocycles. The van der Waals surface area contributed by atoms with Crippen molar-refractivity contribution in [3.8, 4) is 0 Å². The van der Waals surface area contributed by atoms with E-state index in [1.54, 1.807) is 0 Å². The normalized spacial score (nSPS) is 8.33. The Hall–Kier alpha value is 0.940. The summed E-state index contributed by atoms with van der Waals surface area (Å²) in [6.07, 6.45) is 5.13. The van der Waals surface area contributed by atoms with Crippen LogP contribution < -0.4 is 0 Å². The molecule has 0 amide bonds. The second-order valence-corrected chi connectivity index (χ2v) is 2.81. The lowest BCUT2D eigenvalue weighted by molar-refractivity contribution is 1.23. The molecule has 2 heteroatoms. The summed E-state index contributed by atoms with van der Waals surface area (Å²) in [4.78, 5) is 0. The van der Waals surface area contributed by atoms with Crippen molar-refractivity contribution in [2.75, 3.05) is 4.43 Å². The fourth-order valence-corrected chi connectivity index (χ4v) is 0.598. The zero-order valence-corrected chi connectivity index (χ0v) is 9.92. The molecule has 0 nitrogen and oxygen atoms in total. The van der Waals surface area contributed by atoms with Gasteiger partial charge in [-0.2, -0.15) is 0 Å². The van der Waals surface area contributed by atoms with Gasteiger partial charge >= 0.3 is 0 Å². The van der Waals surface area contributed by atoms with Crippen LogP contribution in [0.4, 0.5) is 0 Å². The first-order valence-corrected chi connectivity index (χ1v) is 5.52. The van der Waals surface area contributed by atoms with Crippen molar-refractivity contribution < 1.29 is 0 Å². The molecule has 0 aromatic rings. The molecule has 0 radical (unpaired) electrons. The Morgan fingerprint density at radius 3 is 2.00 bits per heavy atom. The van der Waals surface area contributed by atoms with Crippen molar-refractivity contribution in [2.45, 2.75) is 13.3 Å².